The van der Waals surface area contributed by atoms with Crippen molar-refractivity contribution in [3.05, 3.63) is 29.6 Å². The molecular formula is C9H9F4NO. The van der Waals surface area contributed by atoms with Gasteiger partial charge in [-0.15, -0.1) is 0 Å². The molecule has 0 amide bonds. The molecule has 0 aromatic heterocycles. The van der Waals surface area contributed by atoms with E-state index in [-0.39, 0.29) is 11.3 Å². The molecule has 1 atom stereocenters. The Morgan fingerprint density at radius 2 is 1.93 bits per heavy atom. The summed E-state index contributed by atoms with van der Waals surface area (Å²) in [5.74, 6) is -0.884. The lowest BCUT2D eigenvalue weighted by Crippen LogP contribution is -2.28. The summed E-state index contributed by atoms with van der Waals surface area (Å²) in [6.07, 6.45) is -4.58. The number of alkyl halides is 3. The highest BCUT2D eigenvalue weighted by atomic mass is 19.4. The minimum Gasteiger partial charge on any atom is -0.496 e. The molecule has 0 heterocycles. The molecule has 0 saturated carbocycles. The molecule has 0 aliphatic heterocycles. The summed E-state index contributed by atoms with van der Waals surface area (Å²) in [5.41, 5.74) is 4.69. The van der Waals surface area contributed by atoms with Crippen molar-refractivity contribution < 1.29 is 22.3 Å². The topological polar surface area (TPSA) is 35.2 Å². The Bertz CT molecular complexity index is 350. The van der Waals surface area contributed by atoms with E-state index in [1.807, 2.05) is 0 Å². The number of nitrogens with two attached hydrogens (primary N) is 1. The van der Waals surface area contributed by atoms with Crippen molar-refractivity contribution in [2.45, 2.75) is 12.2 Å². The van der Waals surface area contributed by atoms with Crippen LogP contribution in [0.4, 0.5) is 17.6 Å². The van der Waals surface area contributed by atoms with Gasteiger partial charge in [-0.25, -0.2) is 4.39 Å². The molecule has 1 rings (SSSR count). The maximum Gasteiger partial charge on any atom is 0.407 e. The van der Waals surface area contributed by atoms with Crippen molar-refractivity contribution in [3.63, 3.8) is 0 Å². The van der Waals surface area contributed by atoms with Crippen molar-refractivity contribution in [1.29, 1.82) is 0 Å². The molecule has 1 aromatic rings. The summed E-state index contributed by atoms with van der Waals surface area (Å²) in [6.45, 7) is 0. The Morgan fingerprint density at radius 3 is 2.40 bits per heavy atom. The van der Waals surface area contributed by atoms with Crippen molar-refractivity contribution >= 4 is 0 Å². The molecule has 1 aromatic carbocycles. The minimum absolute atomic E-state index is 0.208. The summed E-state index contributed by atoms with van der Waals surface area (Å²) in [6, 6.07) is 0.560. The summed E-state index contributed by atoms with van der Waals surface area (Å²) in [4.78, 5) is 0. The number of benzene rings is 1. The first kappa shape index (κ1) is 11.8. The maximum atomic E-state index is 12.7. The highest BCUT2D eigenvalue weighted by Crippen LogP contribution is 2.35. The zero-order valence-corrected chi connectivity index (χ0v) is 7.81. The number of ether oxygens (including phenoxy) is 1. The lowest BCUT2D eigenvalue weighted by atomic mass is 10.1. The van der Waals surface area contributed by atoms with E-state index in [4.69, 9.17) is 5.73 Å². The first-order valence-corrected chi connectivity index (χ1v) is 4.02. The fourth-order valence-electron chi connectivity index (χ4n) is 1.12. The zero-order valence-electron chi connectivity index (χ0n) is 7.81. The predicted molar refractivity (Wildman–Crippen MR) is 45.9 cm³/mol. The zero-order chi connectivity index (χ0) is 11.6. The summed E-state index contributed by atoms with van der Waals surface area (Å²) >= 11 is 0. The van der Waals surface area contributed by atoms with Gasteiger partial charge < -0.3 is 10.5 Å². The second-order valence-corrected chi connectivity index (χ2v) is 2.91. The number of methoxy groups -OCH3 is 1. The van der Waals surface area contributed by atoms with Gasteiger partial charge in [-0.05, 0) is 6.07 Å². The molecule has 2 nitrogen and oxygen atoms in total. The van der Waals surface area contributed by atoms with E-state index in [1.165, 1.54) is 0 Å². The van der Waals surface area contributed by atoms with Crippen LogP contribution >= 0.6 is 0 Å². The van der Waals surface area contributed by atoms with E-state index in [2.05, 4.69) is 4.74 Å². The van der Waals surface area contributed by atoms with Crippen LogP contribution in [0.5, 0.6) is 5.75 Å². The summed E-state index contributed by atoms with van der Waals surface area (Å²) in [5, 5.41) is 0. The molecule has 0 spiro atoms. The number of halogens is 4. The molecule has 0 bridgehead atoms. The third kappa shape index (κ3) is 2.59. The molecule has 1 unspecified atom stereocenters. The number of hydrogen-bond donors (Lipinski definition) is 1. The standard InChI is InChI=1S/C9H9F4NO/c1-15-7-4-5(10)2-3-6(7)8(14)9(11,12)13/h2-4,8H,14H2,1H3. The van der Waals surface area contributed by atoms with Gasteiger partial charge >= 0.3 is 6.18 Å². The molecule has 0 aliphatic rings. The quantitative estimate of drug-likeness (QED) is 0.781. The van der Waals surface area contributed by atoms with E-state index < -0.39 is 18.0 Å². The third-order valence-electron chi connectivity index (χ3n) is 1.88. The third-order valence-corrected chi connectivity index (χ3v) is 1.88. The van der Waals surface area contributed by atoms with Crippen molar-refractivity contribution in [3.8, 4) is 5.75 Å². The van der Waals surface area contributed by atoms with Crippen LogP contribution < -0.4 is 10.5 Å². The van der Waals surface area contributed by atoms with Crippen molar-refractivity contribution in [2.75, 3.05) is 7.11 Å². The first-order chi connectivity index (χ1) is 6.86. The average Bonchev–Trinajstić information content (AvgIpc) is 2.15. The van der Waals surface area contributed by atoms with Gasteiger partial charge in [-0.1, -0.05) is 6.07 Å². The molecule has 6 heteroatoms. The van der Waals surface area contributed by atoms with Crippen LogP contribution in [0.1, 0.15) is 11.6 Å². The minimum atomic E-state index is -4.58. The molecule has 84 valence electrons. The van der Waals surface area contributed by atoms with Crippen LogP contribution in [0.3, 0.4) is 0 Å². The van der Waals surface area contributed by atoms with Crippen molar-refractivity contribution in [1.82, 2.24) is 0 Å². The lowest BCUT2D eigenvalue weighted by Gasteiger charge is -2.18. The molecule has 0 fully saturated rings. The lowest BCUT2D eigenvalue weighted by molar-refractivity contribution is -0.149. The van der Waals surface area contributed by atoms with E-state index in [9.17, 15) is 17.6 Å². The van der Waals surface area contributed by atoms with Crippen LogP contribution in [0.2, 0.25) is 0 Å². The normalized spacial score (nSPS) is 13.7. The fourth-order valence-corrected chi connectivity index (χ4v) is 1.12. The first-order valence-electron chi connectivity index (χ1n) is 4.02. The van der Waals surface area contributed by atoms with E-state index in [0.29, 0.717) is 0 Å². The molecule has 15 heavy (non-hydrogen) atoms. The second kappa shape index (κ2) is 4.06. The Morgan fingerprint density at radius 1 is 1.33 bits per heavy atom. The summed E-state index contributed by atoms with van der Waals surface area (Å²) in [7, 11) is 1.15. The van der Waals surface area contributed by atoms with Crippen LogP contribution in [-0.4, -0.2) is 13.3 Å². The smallest absolute Gasteiger partial charge is 0.407 e. The van der Waals surface area contributed by atoms with Gasteiger partial charge in [0.25, 0.3) is 0 Å². The Labute approximate surface area is 83.6 Å². The Kier molecular flexibility index (Phi) is 3.18. The maximum absolute atomic E-state index is 12.7. The van der Waals surface area contributed by atoms with Gasteiger partial charge in [0, 0.05) is 11.6 Å². The van der Waals surface area contributed by atoms with Gasteiger partial charge in [0.05, 0.1) is 7.11 Å². The van der Waals surface area contributed by atoms with Gasteiger partial charge in [-0.3, -0.25) is 0 Å². The van der Waals surface area contributed by atoms with Gasteiger partial charge in [0.1, 0.15) is 17.6 Å². The molecule has 0 saturated heterocycles. The molecule has 2 N–H and O–H groups in total. The SMILES string of the molecule is COc1cc(F)ccc1C(N)C(F)(F)F. The largest absolute Gasteiger partial charge is 0.496 e. The monoisotopic (exact) mass is 223 g/mol. The van der Waals surface area contributed by atoms with Crippen molar-refractivity contribution in [2.24, 2.45) is 5.73 Å². The number of rotatable bonds is 2. The Balaban J connectivity index is 3.14. The molecule has 0 radical (unpaired) electrons. The van der Waals surface area contributed by atoms with Crippen LogP contribution in [0.25, 0.3) is 0 Å². The van der Waals surface area contributed by atoms with Crippen LogP contribution in [0.15, 0.2) is 18.2 Å². The van der Waals surface area contributed by atoms with Gasteiger partial charge in [-0.2, -0.15) is 13.2 Å². The average molecular weight is 223 g/mol. The molecular weight excluding hydrogens is 214 g/mol. The predicted octanol–water partition coefficient (Wildman–Crippen LogP) is 2.40. The highest BCUT2D eigenvalue weighted by molar-refractivity contribution is 5.37. The molecule has 0 aliphatic carbocycles. The highest BCUT2D eigenvalue weighted by Gasteiger charge is 2.39. The summed E-state index contributed by atoms with van der Waals surface area (Å²) < 4.78 is 54.1. The van der Waals surface area contributed by atoms with E-state index >= 15 is 0 Å². The van der Waals surface area contributed by atoms with Crippen LogP contribution in [0, 0.1) is 5.82 Å². The van der Waals surface area contributed by atoms with Crippen LogP contribution in [-0.2, 0) is 0 Å². The van der Waals surface area contributed by atoms with Gasteiger partial charge in [0.2, 0.25) is 0 Å². The van der Waals surface area contributed by atoms with E-state index in [0.717, 1.165) is 25.3 Å². The fraction of sp³-hybridized carbons (Fsp3) is 0.333. The Hall–Kier alpha value is -1.30. The second-order valence-electron chi connectivity index (χ2n) is 2.91. The van der Waals surface area contributed by atoms with E-state index in [1.54, 1.807) is 0 Å². The van der Waals surface area contributed by atoms with Gasteiger partial charge in [0.15, 0.2) is 0 Å². The number of hydrogen-bond acceptors (Lipinski definition) is 2.